The summed E-state index contributed by atoms with van der Waals surface area (Å²) < 4.78 is 2.11. The van der Waals surface area contributed by atoms with Gasteiger partial charge in [0.2, 0.25) is 0 Å². The van der Waals surface area contributed by atoms with Crippen molar-refractivity contribution >= 4 is 52.5 Å². The van der Waals surface area contributed by atoms with Gasteiger partial charge < -0.3 is 4.57 Å². The zero-order chi connectivity index (χ0) is 23.9. The van der Waals surface area contributed by atoms with E-state index in [0.717, 1.165) is 22.6 Å². The number of hydrogen-bond donors (Lipinski definition) is 1. The molecule has 1 fully saturated rings. The van der Waals surface area contributed by atoms with E-state index in [1.807, 2.05) is 19.9 Å². The van der Waals surface area contributed by atoms with Crippen LogP contribution in [-0.4, -0.2) is 21.5 Å². The number of benzene rings is 2. The average Bonchev–Trinajstić information content (AvgIpc) is 3.05. The number of halogens is 1. The van der Waals surface area contributed by atoms with Crippen LogP contribution in [0.3, 0.4) is 0 Å². The van der Waals surface area contributed by atoms with E-state index in [4.69, 9.17) is 23.8 Å². The second-order valence-corrected chi connectivity index (χ2v) is 9.11. The topological polar surface area (TPSA) is 54.3 Å². The molecule has 0 radical (unpaired) electrons. The van der Waals surface area contributed by atoms with Crippen molar-refractivity contribution in [3.05, 3.63) is 87.7 Å². The van der Waals surface area contributed by atoms with Crippen LogP contribution in [0.25, 0.3) is 11.8 Å². The van der Waals surface area contributed by atoms with Crippen LogP contribution in [-0.2, 0) is 9.59 Å². The molecule has 0 aliphatic carbocycles. The van der Waals surface area contributed by atoms with Crippen LogP contribution >= 0.6 is 23.8 Å². The minimum atomic E-state index is -0.528. The first-order valence-electron chi connectivity index (χ1n) is 10.6. The molecule has 1 aliphatic rings. The van der Waals surface area contributed by atoms with E-state index in [0.29, 0.717) is 16.6 Å². The van der Waals surface area contributed by atoms with Gasteiger partial charge in [0.1, 0.15) is 5.57 Å². The lowest BCUT2D eigenvalue weighted by Gasteiger charge is -2.29. The zero-order valence-electron chi connectivity index (χ0n) is 18.8. The summed E-state index contributed by atoms with van der Waals surface area (Å²) in [5.41, 5.74) is 5.43. The Labute approximate surface area is 203 Å². The Kier molecular flexibility index (Phi) is 6.23. The highest BCUT2D eigenvalue weighted by Crippen LogP contribution is 2.30. The molecule has 168 valence electrons. The smallest absolute Gasteiger partial charge is 0.270 e. The highest BCUT2D eigenvalue weighted by molar-refractivity contribution is 7.80. The van der Waals surface area contributed by atoms with Crippen molar-refractivity contribution in [3.8, 4) is 5.69 Å². The molecular weight excluding hydrogens is 454 g/mol. The quantitative estimate of drug-likeness (QED) is 0.298. The van der Waals surface area contributed by atoms with Crippen LogP contribution in [0.15, 0.2) is 60.2 Å². The van der Waals surface area contributed by atoms with Gasteiger partial charge in [0.15, 0.2) is 5.11 Å². The molecule has 0 spiro atoms. The molecule has 0 saturated carbocycles. The summed E-state index contributed by atoms with van der Waals surface area (Å²) in [6, 6.07) is 17.3. The maximum absolute atomic E-state index is 13.3. The third-order valence-corrected chi connectivity index (χ3v) is 6.39. The first kappa shape index (κ1) is 23.0. The molecular formula is C26H24ClN3O2S. The maximum Gasteiger partial charge on any atom is 0.270 e. The molecule has 33 heavy (non-hydrogen) atoms. The van der Waals surface area contributed by atoms with E-state index < -0.39 is 11.8 Å². The molecule has 1 aromatic heterocycles. The molecule has 7 heteroatoms. The van der Waals surface area contributed by atoms with Gasteiger partial charge in [0.05, 0.1) is 10.7 Å². The van der Waals surface area contributed by atoms with Crippen molar-refractivity contribution in [2.45, 2.75) is 33.6 Å². The molecule has 2 heterocycles. The summed E-state index contributed by atoms with van der Waals surface area (Å²) >= 11 is 11.6. The average molecular weight is 478 g/mol. The Morgan fingerprint density at radius 1 is 1.03 bits per heavy atom. The number of anilines is 1. The molecule has 5 nitrogen and oxygen atoms in total. The Balaban J connectivity index is 1.74. The van der Waals surface area contributed by atoms with Gasteiger partial charge in [-0.25, -0.2) is 0 Å². The number of nitrogens with one attached hydrogen (secondary N) is 1. The third-order valence-electron chi connectivity index (χ3n) is 5.78. The fourth-order valence-electron chi connectivity index (χ4n) is 4.00. The lowest BCUT2D eigenvalue weighted by Crippen LogP contribution is -2.54. The molecule has 1 saturated heterocycles. The van der Waals surface area contributed by atoms with E-state index in [9.17, 15) is 9.59 Å². The SMILES string of the molecule is Cc1cc(/C=C2\C(=O)NC(=S)N(c3ccccc3Cl)C2=O)c(C)n1-c1ccc(C(C)C)cc1. The number of carbonyl (C=O) groups is 2. The van der Waals surface area contributed by atoms with Crippen LogP contribution in [0.5, 0.6) is 0 Å². The molecule has 4 rings (SSSR count). The summed E-state index contributed by atoms with van der Waals surface area (Å²) in [5, 5.41) is 2.98. The van der Waals surface area contributed by atoms with Crippen molar-refractivity contribution < 1.29 is 9.59 Å². The number of carbonyl (C=O) groups excluding carboxylic acids is 2. The Morgan fingerprint density at radius 3 is 2.33 bits per heavy atom. The number of aryl methyl sites for hydroxylation is 1. The summed E-state index contributed by atoms with van der Waals surface area (Å²) in [7, 11) is 0. The highest BCUT2D eigenvalue weighted by Gasteiger charge is 2.35. The van der Waals surface area contributed by atoms with Gasteiger partial charge >= 0.3 is 0 Å². The summed E-state index contributed by atoms with van der Waals surface area (Å²) in [4.78, 5) is 27.3. The number of amides is 2. The predicted octanol–water partition coefficient (Wildman–Crippen LogP) is 5.70. The number of aromatic nitrogens is 1. The lowest BCUT2D eigenvalue weighted by atomic mass is 10.0. The number of para-hydroxylation sites is 1. The van der Waals surface area contributed by atoms with Crippen LogP contribution in [0.1, 0.15) is 42.3 Å². The van der Waals surface area contributed by atoms with Crippen molar-refractivity contribution in [2.75, 3.05) is 4.90 Å². The van der Waals surface area contributed by atoms with Gasteiger partial charge in [-0.1, -0.05) is 49.7 Å². The highest BCUT2D eigenvalue weighted by atomic mass is 35.5. The van der Waals surface area contributed by atoms with Crippen LogP contribution in [0.4, 0.5) is 5.69 Å². The lowest BCUT2D eigenvalue weighted by molar-refractivity contribution is -0.122. The van der Waals surface area contributed by atoms with E-state index >= 15 is 0 Å². The van der Waals surface area contributed by atoms with E-state index in [1.165, 1.54) is 10.5 Å². The van der Waals surface area contributed by atoms with Crippen molar-refractivity contribution in [3.63, 3.8) is 0 Å². The van der Waals surface area contributed by atoms with Gasteiger partial charge in [-0.2, -0.15) is 0 Å². The number of hydrogen-bond acceptors (Lipinski definition) is 3. The van der Waals surface area contributed by atoms with E-state index in [1.54, 1.807) is 30.3 Å². The molecule has 1 aliphatic heterocycles. The van der Waals surface area contributed by atoms with E-state index in [-0.39, 0.29) is 10.7 Å². The van der Waals surface area contributed by atoms with Gasteiger partial charge in [-0.3, -0.25) is 19.8 Å². The van der Waals surface area contributed by atoms with E-state index in [2.05, 4.69) is 48.0 Å². The van der Waals surface area contributed by atoms with Gasteiger partial charge in [-0.15, -0.1) is 0 Å². The predicted molar refractivity (Wildman–Crippen MR) is 137 cm³/mol. The van der Waals surface area contributed by atoms with Crippen molar-refractivity contribution in [1.29, 1.82) is 0 Å². The Bertz CT molecular complexity index is 1310. The standard InChI is InChI=1S/C26H24ClN3O2S/c1-15(2)18-9-11-20(12-10-18)29-16(3)13-19(17(29)4)14-21-24(31)28-26(33)30(25(21)32)23-8-6-5-7-22(23)27/h5-15H,1-4H3,(H,28,31,33)/b21-14+. The summed E-state index contributed by atoms with van der Waals surface area (Å²) in [6.07, 6.45) is 1.62. The number of thiocarbonyl (C=S) groups is 1. The van der Waals surface area contributed by atoms with Crippen LogP contribution in [0.2, 0.25) is 5.02 Å². The molecule has 3 aromatic rings. The molecule has 2 amide bonds. The Morgan fingerprint density at radius 2 is 1.70 bits per heavy atom. The minimum absolute atomic E-state index is 0.000995. The van der Waals surface area contributed by atoms with Crippen molar-refractivity contribution in [1.82, 2.24) is 9.88 Å². The van der Waals surface area contributed by atoms with Crippen LogP contribution < -0.4 is 10.2 Å². The first-order chi connectivity index (χ1) is 15.7. The minimum Gasteiger partial charge on any atom is -0.318 e. The molecule has 0 unspecified atom stereocenters. The van der Waals surface area contributed by atoms with Crippen LogP contribution in [0, 0.1) is 13.8 Å². The normalized spacial score (nSPS) is 15.5. The molecule has 0 atom stereocenters. The fraction of sp³-hybridized carbons (Fsp3) is 0.192. The van der Waals surface area contributed by atoms with Gasteiger partial charge in [0, 0.05) is 17.1 Å². The largest absolute Gasteiger partial charge is 0.318 e. The van der Waals surface area contributed by atoms with Gasteiger partial charge in [0.25, 0.3) is 11.8 Å². The first-order valence-corrected chi connectivity index (χ1v) is 11.4. The summed E-state index contributed by atoms with van der Waals surface area (Å²) in [5.74, 6) is -0.587. The number of nitrogens with zero attached hydrogens (tertiary/aromatic N) is 2. The summed E-state index contributed by atoms with van der Waals surface area (Å²) in [6.45, 7) is 8.29. The number of rotatable bonds is 4. The maximum atomic E-state index is 13.3. The second-order valence-electron chi connectivity index (χ2n) is 8.32. The second kappa shape index (κ2) is 8.96. The zero-order valence-corrected chi connectivity index (χ0v) is 20.4. The molecule has 0 bridgehead atoms. The van der Waals surface area contributed by atoms with Crippen molar-refractivity contribution in [2.24, 2.45) is 0 Å². The monoisotopic (exact) mass is 477 g/mol. The molecule has 2 aromatic carbocycles. The fourth-order valence-corrected chi connectivity index (χ4v) is 4.50. The van der Waals surface area contributed by atoms with Gasteiger partial charge in [-0.05, 0) is 79.5 Å². The third kappa shape index (κ3) is 4.24. The Hall–Kier alpha value is -3.22. The molecule has 1 N–H and O–H groups in total.